The Balaban J connectivity index is 2.01. The van der Waals surface area contributed by atoms with Gasteiger partial charge in [0.2, 0.25) is 0 Å². The first-order valence-electron chi connectivity index (χ1n) is 6.20. The molecule has 0 aliphatic heterocycles. The van der Waals surface area contributed by atoms with E-state index < -0.39 is 0 Å². The van der Waals surface area contributed by atoms with Crippen LogP contribution in [-0.4, -0.2) is 22.1 Å². The summed E-state index contributed by atoms with van der Waals surface area (Å²) in [5.41, 5.74) is 1.24. The van der Waals surface area contributed by atoms with Gasteiger partial charge in [0.1, 0.15) is 0 Å². The molecule has 1 N–H and O–H groups in total. The molecule has 1 unspecified atom stereocenters. The highest BCUT2D eigenvalue weighted by atomic mass is 32.2. The molecular weight excluding hydrogens is 242 g/mol. The van der Waals surface area contributed by atoms with Crippen molar-refractivity contribution < 1.29 is 0 Å². The summed E-state index contributed by atoms with van der Waals surface area (Å²) in [6.07, 6.45) is 1.85. The molecule has 0 saturated carbocycles. The summed E-state index contributed by atoms with van der Waals surface area (Å²) in [6.45, 7) is 3.10. The Labute approximate surface area is 113 Å². The molecule has 0 aliphatic rings. The van der Waals surface area contributed by atoms with Crippen molar-refractivity contribution in [2.45, 2.75) is 17.9 Å². The van der Waals surface area contributed by atoms with Crippen molar-refractivity contribution in [1.29, 1.82) is 0 Å². The number of hydrogen-bond donors (Lipinski definition) is 1. The summed E-state index contributed by atoms with van der Waals surface area (Å²) < 4.78 is 1.94. The van der Waals surface area contributed by atoms with E-state index in [2.05, 4.69) is 47.7 Å². The third-order valence-corrected chi connectivity index (χ3v) is 3.93. The van der Waals surface area contributed by atoms with Crippen LogP contribution in [0.2, 0.25) is 0 Å². The minimum Gasteiger partial charge on any atom is -0.308 e. The number of benzene rings is 1. The summed E-state index contributed by atoms with van der Waals surface area (Å²) >= 11 is 1.87. The quantitative estimate of drug-likeness (QED) is 0.811. The monoisotopic (exact) mass is 261 g/mol. The van der Waals surface area contributed by atoms with E-state index in [-0.39, 0.29) is 0 Å². The highest BCUT2D eigenvalue weighted by Gasteiger charge is 2.13. The lowest BCUT2D eigenvalue weighted by Gasteiger charge is -2.17. The smallest absolute Gasteiger partial charge is 0.0587 e. The number of hydrogen-bond acceptors (Lipinski definition) is 3. The van der Waals surface area contributed by atoms with Gasteiger partial charge in [0.15, 0.2) is 0 Å². The summed E-state index contributed by atoms with van der Waals surface area (Å²) in [7, 11) is 1.99. The van der Waals surface area contributed by atoms with Gasteiger partial charge in [0.25, 0.3) is 0 Å². The Hall–Kier alpha value is -1.26. The lowest BCUT2D eigenvalue weighted by Crippen LogP contribution is -2.25. The summed E-state index contributed by atoms with van der Waals surface area (Å²) in [5.74, 6) is 1.01. The minimum atomic E-state index is 0.340. The van der Waals surface area contributed by atoms with Crippen LogP contribution >= 0.6 is 11.8 Å². The number of nitrogens with one attached hydrogen (secondary N) is 1. The molecule has 2 aromatic rings. The van der Waals surface area contributed by atoms with E-state index in [4.69, 9.17) is 0 Å². The predicted molar refractivity (Wildman–Crippen MR) is 76.8 cm³/mol. The normalized spacial score (nSPS) is 12.6. The Morgan fingerprint density at radius 3 is 2.67 bits per heavy atom. The lowest BCUT2D eigenvalue weighted by molar-refractivity contribution is 0.553. The zero-order valence-corrected chi connectivity index (χ0v) is 11.7. The average Bonchev–Trinajstić information content (AvgIpc) is 2.82. The van der Waals surface area contributed by atoms with Crippen molar-refractivity contribution in [3.05, 3.63) is 48.3 Å². The van der Waals surface area contributed by atoms with Gasteiger partial charge in [-0.25, -0.2) is 0 Å². The van der Waals surface area contributed by atoms with Crippen LogP contribution in [0.3, 0.4) is 0 Å². The van der Waals surface area contributed by atoms with Crippen LogP contribution in [0.4, 0.5) is 0 Å². The molecule has 0 radical (unpaired) electrons. The highest BCUT2D eigenvalue weighted by molar-refractivity contribution is 7.99. The molecule has 4 heteroatoms. The fourth-order valence-electron chi connectivity index (χ4n) is 1.92. The van der Waals surface area contributed by atoms with Crippen molar-refractivity contribution in [1.82, 2.24) is 15.1 Å². The molecule has 0 amide bonds. The SMILES string of the molecule is CCNC(CSc1ccccc1)c1ccnn1C. The van der Waals surface area contributed by atoms with Crippen LogP contribution in [0.25, 0.3) is 0 Å². The fraction of sp³-hybridized carbons (Fsp3) is 0.357. The van der Waals surface area contributed by atoms with E-state index >= 15 is 0 Å². The van der Waals surface area contributed by atoms with Crippen molar-refractivity contribution in [3.8, 4) is 0 Å². The zero-order chi connectivity index (χ0) is 12.8. The number of rotatable bonds is 6. The van der Waals surface area contributed by atoms with Crippen molar-refractivity contribution in [3.63, 3.8) is 0 Å². The number of aryl methyl sites for hydroxylation is 1. The van der Waals surface area contributed by atoms with Gasteiger partial charge in [-0.15, -0.1) is 11.8 Å². The minimum absolute atomic E-state index is 0.340. The van der Waals surface area contributed by atoms with E-state index in [9.17, 15) is 0 Å². The van der Waals surface area contributed by atoms with Crippen LogP contribution in [0, 0.1) is 0 Å². The molecule has 1 atom stereocenters. The summed E-state index contributed by atoms with van der Waals surface area (Å²) in [5, 5.41) is 7.76. The first kappa shape index (κ1) is 13.2. The van der Waals surface area contributed by atoms with E-state index in [1.54, 1.807) is 0 Å². The molecule has 0 saturated heterocycles. The van der Waals surface area contributed by atoms with Gasteiger partial charge in [-0.3, -0.25) is 4.68 Å². The first-order valence-corrected chi connectivity index (χ1v) is 7.19. The predicted octanol–water partition coefficient (Wildman–Crippen LogP) is 2.86. The number of thioether (sulfide) groups is 1. The van der Waals surface area contributed by atoms with Gasteiger partial charge in [0.05, 0.1) is 11.7 Å². The lowest BCUT2D eigenvalue weighted by atomic mass is 10.2. The van der Waals surface area contributed by atoms with Gasteiger partial charge in [-0.2, -0.15) is 5.10 Å². The van der Waals surface area contributed by atoms with Gasteiger partial charge in [0, 0.05) is 23.9 Å². The second kappa shape index (κ2) is 6.61. The molecule has 1 aromatic heterocycles. The largest absolute Gasteiger partial charge is 0.308 e. The summed E-state index contributed by atoms with van der Waals surface area (Å²) in [4.78, 5) is 1.31. The van der Waals surface area contributed by atoms with Crippen LogP contribution in [0.1, 0.15) is 18.7 Å². The number of nitrogens with zero attached hydrogens (tertiary/aromatic N) is 2. The fourth-order valence-corrected chi connectivity index (χ4v) is 2.91. The van der Waals surface area contributed by atoms with E-state index in [1.807, 2.05) is 35.8 Å². The Kier molecular flexibility index (Phi) is 4.84. The van der Waals surface area contributed by atoms with Crippen LogP contribution in [-0.2, 0) is 7.05 Å². The molecule has 0 bridgehead atoms. The van der Waals surface area contributed by atoms with E-state index in [0.717, 1.165) is 12.3 Å². The third-order valence-electron chi connectivity index (χ3n) is 2.83. The molecular formula is C14H19N3S. The summed E-state index contributed by atoms with van der Waals surface area (Å²) in [6, 6.07) is 12.9. The Morgan fingerprint density at radius 1 is 1.28 bits per heavy atom. The van der Waals surface area contributed by atoms with Crippen LogP contribution in [0.5, 0.6) is 0 Å². The van der Waals surface area contributed by atoms with Gasteiger partial charge in [-0.1, -0.05) is 25.1 Å². The van der Waals surface area contributed by atoms with E-state index in [1.165, 1.54) is 10.6 Å². The third kappa shape index (κ3) is 3.37. The molecule has 0 aliphatic carbocycles. The van der Waals surface area contributed by atoms with Crippen molar-refractivity contribution in [2.24, 2.45) is 7.05 Å². The average molecular weight is 261 g/mol. The van der Waals surface area contributed by atoms with Gasteiger partial charge < -0.3 is 5.32 Å². The zero-order valence-electron chi connectivity index (χ0n) is 10.8. The van der Waals surface area contributed by atoms with Gasteiger partial charge in [-0.05, 0) is 24.7 Å². The second-order valence-corrected chi connectivity index (χ2v) is 5.21. The molecule has 2 rings (SSSR count). The van der Waals surface area contributed by atoms with Crippen molar-refractivity contribution in [2.75, 3.05) is 12.3 Å². The molecule has 1 heterocycles. The maximum absolute atomic E-state index is 4.24. The Morgan fingerprint density at radius 2 is 2.06 bits per heavy atom. The second-order valence-electron chi connectivity index (χ2n) is 4.11. The number of aromatic nitrogens is 2. The molecule has 1 aromatic carbocycles. The molecule has 0 fully saturated rings. The topological polar surface area (TPSA) is 29.9 Å². The maximum Gasteiger partial charge on any atom is 0.0587 e. The molecule has 96 valence electrons. The molecule has 18 heavy (non-hydrogen) atoms. The molecule has 0 spiro atoms. The highest BCUT2D eigenvalue weighted by Crippen LogP contribution is 2.24. The van der Waals surface area contributed by atoms with E-state index in [0.29, 0.717) is 6.04 Å². The van der Waals surface area contributed by atoms with Crippen LogP contribution in [0.15, 0.2) is 47.5 Å². The van der Waals surface area contributed by atoms with Gasteiger partial charge >= 0.3 is 0 Å². The first-order chi connectivity index (χ1) is 8.81. The molecule has 3 nitrogen and oxygen atoms in total. The Bertz CT molecular complexity index is 467. The van der Waals surface area contributed by atoms with Crippen molar-refractivity contribution >= 4 is 11.8 Å². The van der Waals surface area contributed by atoms with Crippen LogP contribution < -0.4 is 5.32 Å². The maximum atomic E-state index is 4.24. The standard InChI is InChI=1S/C14H19N3S/c1-3-15-13(14-9-10-16-17(14)2)11-18-12-7-5-4-6-8-12/h4-10,13,15H,3,11H2,1-2H3.